The Balaban J connectivity index is 1.50. The van der Waals surface area contributed by atoms with Crippen molar-refractivity contribution in [3.05, 3.63) is 35.9 Å². The molecule has 5 heterocycles. The van der Waals surface area contributed by atoms with Gasteiger partial charge in [-0.3, -0.25) is 9.69 Å². The van der Waals surface area contributed by atoms with E-state index < -0.39 is 39.1 Å². The van der Waals surface area contributed by atoms with Gasteiger partial charge in [0.05, 0.1) is 11.0 Å². The Morgan fingerprint density at radius 1 is 1.00 bits per heavy atom. The van der Waals surface area contributed by atoms with Crippen molar-refractivity contribution in [3.63, 3.8) is 0 Å². The minimum atomic E-state index is -4.40. The number of carbonyl (C=O) groups excluding carboxylic acids is 2. The fourth-order valence-corrected chi connectivity index (χ4v) is 6.89. The highest BCUT2D eigenvalue weighted by atomic mass is 32.2. The molecule has 5 rings (SSSR count). The molecule has 0 aromatic carbocycles. The molecule has 3 amide bonds. The number of hydrogen-bond acceptors (Lipinski definition) is 8. The van der Waals surface area contributed by atoms with Crippen molar-refractivity contribution in [2.24, 2.45) is 11.3 Å². The molecule has 246 valence electrons. The molecule has 15 heteroatoms. The van der Waals surface area contributed by atoms with Gasteiger partial charge in [-0.25, -0.2) is 19.5 Å². The maximum atomic E-state index is 13.7. The van der Waals surface area contributed by atoms with Crippen molar-refractivity contribution in [1.29, 1.82) is 0 Å². The quantitative estimate of drug-likeness (QED) is 0.472. The van der Waals surface area contributed by atoms with Crippen molar-refractivity contribution in [3.8, 4) is 0 Å². The Hall–Kier alpha value is -3.62. The number of carbonyl (C=O) groups is 2. The first-order chi connectivity index (χ1) is 21.0. The highest BCUT2D eigenvalue weighted by molar-refractivity contribution is 7.90. The van der Waals surface area contributed by atoms with Crippen LogP contribution >= 0.6 is 0 Å². The van der Waals surface area contributed by atoms with E-state index in [-0.39, 0.29) is 48.3 Å². The smallest absolute Gasteiger partial charge is 0.370 e. The third-order valence-corrected chi connectivity index (χ3v) is 10.5. The van der Waals surface area contributed by atoms with E-state index in [0.717, 1.165) is 39.5 Å². The largest absolute Gasteiger partial charge is 0.394 e. The average Bonchev–Trinajstić information content (AvgIpc) is 3.25. The van der Waals surface area contributed by atoms with Gasteiger partial charge in [0.1, 0.15) is 17.5 Å². The molecule has 0 aliphatic carbocycles. The molecule has 2 fully saturated rings. The van der Waals surface area contributed by atoms with E-state index in [1.165, 1.54) is 28.0 Å². The zero-order valence-corrected chi connectivity index (χ0v) is 26.8. The van der Waals surface area contributed by atoms with E-state index in [2.05, 4.69) is 15.0 Å². The number of halogens is 3. The van der Waals surface area contributed by atoms with Crippen LogP contribution in [-0.4, -0.2) is 79.7 Å². The minimum Gasteiger partial charge on any atom is -0.370 e. The zero-order chi connectivity index (χ0) is 32.8. The lowest BCUT2D eigenvalue weighted by Crippen LogP contribution is -2.45. The molecule has 3 aliphatic rings. The summed E-state index contributed by atoms with van der Waals surface area (Å²) in [5.41, 5.74) is -2.40. The van der Waals surface area contributed by atoms with E-state index in [9.17, 15) is 31.2 Å². The molecule has 2 N–H and O–H groups in total. The number of rotatable bonds is 4. The Bertz CT molecular complexity index is 1560. The Morgan fingerprint density at radius 2 is 1.76 bits per heavy atom. The monoisotopic (exact) mass is 651 g/mol. The molecule has 3 aliphatic heterocycles. The van der Waals surface area contributed by atoms with Gasteiger partial charge in [-0.2, -0.15) is 21.6 Å². The van der Waals surface area contributed by atoms with Crippen LogP contribution < -0.4 is 19.8 Å². The van der Waals surface area contributed by atoms with Crippen molar-refractivity contribution in [2.45, 2.75) is 76.5 Å². The number of urea groups is 1. The molecular formula is C30H40F3N7O4S. The maximum absolute atomic E-state index is 13.7. The number of alkyl halides is 3. The summed E-state index contributed by atoms with van der Waals surface area (Å²) in [7, 11) is -4.34. The predicted molar refractivity (Wildman–Crippen MR) is 164 cm³/mol. The van der Waals surface area contributed by atoms with E-state index in [1.54, 1.807) is 12.1 Å². The summed E-state index contributed by atoms with van der Waals surface area (Å²) in [5, 5.41) is 2.90. The molecule has 4 bridgehead atoms. The highest BCUT2D eigenvalue weighted by Crippen LogP contribution is 2.41. The summed E-state index contributed by atoms with van der Waals surface area (Å²) in [6.45, 7) is 7.82. The first-order valence-corrected chi connectivity index (χ1v) is 16.7. The number of sulfonamides is 1. The number of anilines is 3. The molecule has 11 nitrogen and oxygen atoms in total. The first-order valence-electron chi connectivity index (χ1n) is 15.2. The van der Waals surface area contributed by atoms with Crippen LogP contribution in [-0.2, 0) is 10.0 Å². The van der Waals surface area contributed by atoms with Gasteiger partial charge in [-0.1, -0.05) is 19.9 Å². The van der Waals surface area contributed by atoms with Crippen LogP contribution in [0.2, 0.25) is 0 Å². The number of aromatic nitrogens is 2. The number of nitrogens with one attached hydrogen (secondary N) is 2. The van der Waals surface area contributed by atoms with Crippen LogP contribution in [0.25, 0.3) is 0 Å². The Morgan fingerprint density at radius 3 is 2.49 bits per heavy atom. The minimum absolute atomic E-state index is 0.0217. The van der Waals surface area contributed by atoms with Gasteiger partial charge in [0, 0.05) is 38.3 Å². The van der Waals surface area contributed by atoms with Crippen LogP contribution in [0.4, 0.5) is 35.4 Å². The second kappa shape index (κ2) is 12.0. The van der Waals surface area contributed by atoms with Crippen molar-refractivity contribution in [1.82, 2.24) is 19.6 Å². The van der Waals surface area contributed by atoms with Gasteiger partial charge in [0.25, 0.3) is 15.9 Å². The summed E-state index contributed by atoms with van der Waals surface area (Å²) in [6, 6.07) is 6.99. The predicted octanol–water partition coefficient (Wildman–Crippen LogP) is 5.02. The summed E-state index contributed by atoms with van der Waals surface area (Å²) < 4.78 is 68.9. The molecule has 2 saturated heterocycles. The van der Waals surface area contributed by atoms with Gasteiger partial charge < -0.3 is 15.1 Å². The molecule has 0 spiro atoms. The maximum Gasteiger partial charge on any atom is 0.394 e. The molecular weight excluding hydrogens is 611 g/mol. The van der Waals surface area contributed by atoms with Gasteiger partial charge >= 0.3 is 12.2 Å². The third kappa shape index (κ3) is 6.82. The summed E-state index contributed by atoms with van der Waals surface area (Å²) in [6.07, 6.45) is -1.30. The molecule has 0 saturated carbocycles. The number of nitrogens with zero attached hydrogens (tertiary/aromatic N) is 5. The van der Waals surface area contributed by atoms with Crippen LogP contribution in [0, 0.1) is 11.3 Å². The number of fused-ring (bicyclic) bond motifs is 7. The van der Waals surface area contributed by atoms with E-state index in [0.29, 0.717) is 24.8 Å². The van der Waals surface area contributed by atoms with Gasteiger partial charge in [-0.05, 0) is 76.1 Å². The Kier molecular flexibility index (Phi) is 8.70. The van der Waals surface area contributed by atoms with Crippen molar-refractivity contribution >= 4 is 39.4 Å². The number of hydrogen-bond donors (Lipinski definition) is 2. The third-order valence-electron chi connectivity index (χ3n) is 9.25. The van der Waals surface area contributed by atoms with Crippen LogP contribution in [0.1, 0.15) is 70.2 Å². The molecule has 2 aromatic heterocycles. The lowest BCUT2D eigenvalue weighted by molar-refractivity contribution is -0.214. The summed E-state index contributed by atoms with van der Waals surface area (Å²) in [4.78, 5) is 40.8. The topological polar surface area (TPSA) is 128 Å². The second-order valence-electron chi connectivity index (χ2n) is 13.3. The molecule has 0 radical (unpaired) electrons. The fraction of sp³-hybridized carbons (Fsp3) is 0.600. The molecule has 2 aromatic rings. The standard InChI is InChI=1S/C30H40F3N7O4S/c1-28(2,30(31,32)33)14-17-38-18-19-39(27(38)42)23-9-8-21-25(36-23)40-16-12-20(10-13-29(40,3)4)11-15-34-22-6-5-7-24(35-22)45(43,44)37-26(21)41/h5-9,20H,10-19H2,1-4H3,(H,34,35)(H,37,41). The second-order valence-corrected chi connectivity index (χ2v) is 14.9. The van der Waals surface area contributed by atoms with Gasteiger partial charge in [0.2, 0.25) is 0 Å². The molecule has 45 heavy (non-hydrogen) atoms. The average molecular weight is 652 g/mol. The Labute approximate surface area is 261 Å². The van der Waals surface area contributed by atoms with E-state index in [4.69, 9.17) is 4.98 Å². The number of pyridine rings is 2. The molecule has 1 unspecified atom stereocenters. The SMILES string of the molecule is CC1(C)CCC2CCNc3cccc(n3)S(=O)(=O)NC(=O)c3ccc(N4CCN(CCC(C)(C)C(F)(F)F)C4=O)nc3N1CC2. The van der Waals surface area contributed by atoms with Crippen LogP contribution in [0.3, 0.4) is 0 Å². The van der Waals surface area contributed by atoms with Crippen molar-refractivity contribution < 1.29 is 31.2 Å². The normalized spacial score (nSPS) is 22.2. The van der Waals surface area contributed by atoms with Crippen molar-refractivity contribution in [2.75, 3.05) is 47.8 Å². The zero-order valence-electron chi connectivity index (χ0n) is 25.9. The highest BCUT2D eigenvalue weighted by Gasteiger charge is 2.47. The summed E-state index contributed by atoms with van der Waals surface area (Å²) >= 11 is 0. The van der Waals surface area contributed by atoms with E-state index >= 15 is 0 Å². The van der Waals surface area contributed by atoms with Crippen LogP contribution in [0.5, 0.6) is 0 Å². The lowest BCUT2D eigenvalue weighted by atomic mass is 9.88. The van der Waals surface area contributed by atoms with Crippen LogP contribution in [0.15, 0.2) is 35.4 Å². The molecule has 1 atom stereocenters. The first kappa shape index (κ1) is 32.8. The summed E-state index contributed by atoms with van der Waals surface area (Å²) in [5.74, 6) is 0.340. The van der Waals surface area contributed by atoms with Gasteiger partial charge in [-0.15, -0.1) is 0 Å². The van der Waals surface area contributed by atoms with Gasteiger partial charge in [0.15, 0.2) is 5.03 Å². The number of amides is 3. The fourth-order valence-electron chi connectivity index (χ4n) is 5.96. The lowest BCUT2D eigenvalue weighted by Gasteiger charge is -2.39. The van der Waals surface area contributed by atoms with E-state index in [1.807, 2.05) is 18.7 Å².